The second kappa shape index (κ2) is 11.4. The van der Waals surface area contributed by atoms with E-state index in [1.54, 1.807) is 48.5 Å². The summed E-state index contributed by atoms with van der Waals surface area (Å²) in [5.74, 6) is -0.192. The van der Waals surface area contributed by atoms with E-state index in [1.807, 2.05) is 24.5 Å². The number of hydrazone groups is 1. The number of halogens is 2. The summed E-state index contributed by atoms with van der Waals surface area (Å²) >= 11 is 12.3. The van der Waals surface area contributed by atoms with E-state index < -0.39 is 22.5 Å². The van der Waals surface area contributed by atoms with Gasteiger partial charge in [0.05, 0.1) is 30.5 Å². The molecule has 0 spiro atoms. The standard InChI is InChI=1S/C26H24Cl2N4O4S/c1-18-11-20(19(2)32(18)23-13-21(27)12-22(28)14-23)15-29-30-26(33)17-31(16-24-7-6-10-36-24)37(34,35)25-8-4-3-5-9-25/h3-15H,16-17H2,1-2H3,(H,30,33)/b29-15+. The highest BCUT2D eigenvalue weighted by Gasteiger charge is 2.27. The number of carbonyl (C=O) groups is 1. The average Bonchev–Trinajstić information content (AvgIpc) is 3.46. The van der Waals surface area contributed by atoms with Crippen molar-refractivity contribution < 1.29 is 17.6 Å². The molecule has 4 rings (SSSR count). The quantitative estimate of drug-likeness (QED) is 0.221. The van der Waals surface area contributed by atoms with Crippen molar-refractivity contribution >= 4 is 45.3 Å². The van der Waals surface area contributed by atoms with Gasteiger partial charge in [0.25, 0.3) is 5.91 Å². The monoisotopic (exact) mass is 558 g/mol. The van der Waals surface area contributed by atoms with Crippen LogP contribution < -0.4 is 5.43 Å². The number of aromatic nitrogens is 1. The summed E-state index contributed by atoms with van der Waals surface area (Å²) in [6, 6.07) is 18.4. The molecule has 2 aromatic carbocycles. The van der Waals surface area contributed by atoms with Gasteiger partial charge in [-0.25, -0.2) is 13.8 Å². The van der Waals surface area contributed by atoms with E-state index in [0.29, 0.717) is 15.8 Å². The van der Waals surface area contributed by atoms with Gasteiger partial charge in [-0.1, -0.05) is 41.4 Å². The molecule has 37 heavy (non-hydrogen) atoms. The molecular formula is C26H24Cl2N4O4S. The van der Waals surface area contributed by atoms with Gasteiger partial charge in [-0.15, -0.1) is 0 Å². The van der Waals surface area contributed by atoms with Gasteiger partial charge >= 0.3 is 0 Å². The Balaban J connectivity index is 1.50. The van der Waals surface area contributed by atoms with Crippen LogP contribution in [-0.2, 0) is 21.4 Å². The fraction of sp³-hybridized carbons (Fsp3) is 0.154. The maximum absolute atomic E-state index is 13.2. The fourth-order valence-electron chi connectivity index (χ4n) is 3.90. The number of aryl methyl sites for hydroxylation is 1. The third kappa shape index (κ3) is 6.31. The zero-order valence-electron chi connectivity index (χ0n) is 20.1. The molecule has 1 N–H and O–H groups in total. The molecule has 0 aliphatic heterocycles. The van der Waals surface area contributed by atoms with Crippen LogP contribution in [0.25, 0.3) is 5.69 Å². The Hall–Kier alpha value is -3.37. The van der Waals surface area contributed by atoms with Crippen LogP contribution in [-0.4, -0.2) is 36.0 Å². The van der Waals surface area contributed by atoms with Crippen molar-refractivity contribution in [2.45, 2.75) is 25.3 Å². The van der Waals surface area contributed by atoms with Crippen LogP contribution in [0.1, 0.15) is 22.7 Å². The van der Waals surface area contributed by atoms with E-state index in [1.165, 1.54) is 24.6 Å². The lowest BCUT2D eigenvalue weighted by Crippen LogP contribution is -2.39. The van der Waals surface area contributed by atoms with E-state index in [-0.39, 0.29) is 11.4 Å². The molecule has 11 heteroatoms. The molecule has 0 aliphatic rings. The number of amides is 1. The summed E-state index contributed by atoms with van der Waals surface area (Å²) in [4.78, 5) is 12.8. The van der Waals surface area contributed by atoms with Gasteiger partial charge in [-0.05, 0) is 62.4 Å². The molecule has 0 bridgehead atoms. The molecular weight excluding hydrogens is 535 g/mol. The van der Waals surface area contributed by atoms with E-state index in [9.17, 15) is 13.2 Å². The zero-order chi connectivity index (χ0) is 26.6. The number of benzene rings is 2. The Morgan fingerprint density at radius 2 is 1.76 bits per heavy atom. The van der Waals surface area contributed by atoms with Gasteiger partial charge in [-0.2, -0.15) is 9.41 Å². The average molecular weight is 559 g/mol. The summed E-state index contributed by atoms with van der Waals surface area (Å²) in [5.41, 5.74) is 5.76. The lowest BCUT2D eigenvalue weighted by molar-refractivity contribution is -0.121. The van der Waals surface area contributed by atoms with Crippen molar-refractivity contribution in [3.63, 3.8) is 0 Å². The highest BCUT2D eigenvalue weighted by Crippen LogP contribution is 2.26. The van der Waals surface area contributed by atoms with Crippen molar-refractivity contribution in [1.82, 2.24) is 14.3 Å². The van der Waals surface area contributed by atoms with Crippen LogP contribution in [0.2, 0.25) is 10.0 Å². The molecule has 0 saturated heterocycles. The summed E-state index contributed by atoms with van der Waals surface area (Å²) in [6.45, 7) is 3.28. The molecule has 4 aromatic rings. The van der Waals surface area contributed by atoms with Crippen LogP contribution in [0.4, 0.5) is 0 Å². The topological polar surface area (TPSA) is 96.9 Å². The van der Waals surface area contributed by atoms with E-state index >= 15 is 0 Å². The summed E-state index contributed by atoms with van der Waals surface area (Å²) in [7, 11) is -3.96. The van der Waals surface area contributed by atoms with Crippen LogP contribution >= 0.6 is 23.2 Å². The maximum atomic E-state index is 13.2. The Kier molecular flexibility index (Phi) is 8.19. The van der Waals surface area contributed by atoms with Gasteiger partial charge in [0.1, 0.15) is 5.76 Å². The largest absolute Gasteiger partial charge is 0.468 e. The second-order valence-electron chi connectivity index (χ2n) is 8.25. The van der Waals surface area contributed by atoms with E-state index in [2.05, 4.69) is 10.5 Å². The van der Waals surface area contributed by atoms with Crippen molar-refractivity contribution in [3.05, 3.63) is 106 Å². The Morgan fingerprint density at radius 1 is 1.05 bits per heavy atom. The first-order valence-corrected chi connectivity index (χ1v) is 13.4. The third-order valence-electron chi connectivity index (χ3n) is 5.58. The van der Waals surface area contributed by atoms with Crippen molar-refractivity contribution in [2.75, 3.05) is 6.54 Å². The number of nitrogens with one attached hydrogen (secondary N) is 1. The minimum absolute atomic E-state index is 0.0754. The minimum atomic E-state index is -3.96. The number of nitrogens with zero attached hydrogens (tertiary/aromatic N) is 3. The highest BCUT2D eigenvalue weighted by molar-refractivity contribution is 7.89. The van der Waals surface area contributed by atoms with E-state index in [4.69, 9.17) is 27.6 Å². The molecule has 8 nitrogen and oxygen atoms in total. The summed E-state index contributed by atoms with van der Waals surface area (Å²) in [5, 5.41) is 5.09. The minimum Gasteiger partial charge on any atom is -0.468 e. The molecule has 0 fully saturated rings. The Bertz CT molecular complexity index is 1510. The number of carbonyl (C=O) groups excluding carboxylic acids is 1. The van der Waals surface area contributed by atoms with Crippen LogP contribution in [0.15, 0.2) is 87.4 Å². The third-order valence-corrected chi connectivity index (χ3v) is 7.82. The predicted molar refractivity (Wildman–Crippen MR) is 144 cm³/mol. The first-order valence-electron chi connectivity index (χ1n) is 11.2. The number of rotatable bonds is 9. The lowest BCUT2D eigenvalue weighted by atomic mass is 10.2. The summed E-state index contributed by atoms with van der Waals surface area (Å²) in [6.07, 6.45) is 2.95. The highest BCUT2D eigenvalue weighted by atomic mass is 35.5. The SMILES string of the molecule is Cc1cc(/C=N/NC(=O)CN(Cc2ccco2)S(=O)(=O)c2ccccc2)c(C)n1-c1cc(Cl)cc(Cl)c1. The normalized spacial score (nSPS) is 11.9. The smallest absolute Gasteiger partial charge is 0.255 e. The predicted octanol–water partition coefficient (Wildman–Crippen LogP) is 5.34. The van der Waals surface area contributed by atoms with E-state index in [0.717, 1.165) is 26.9 Å². The first kappa shape index (κ1) is 26.7. The molecule has 2 heterocycles. The van der Waals surface area contributed by atoms with Crippen molar-refractivity contribution in [3.8, 4) is 5.69 Å². The van der Waals surface area contributed by atoms with Crippen LogP contribution in [0, 0.1) is 13.8 Å². The Morgan fingerprint density at radius 3 is 2.41 bits per heavy atom. The van der Waals surface area contributed by atoms with Gasteiger partial charge in [0, 0.05) is 32.7 Å². The van der Waals surface area contributed by atoms with Gasteiger partial charge < -0.3 is 8.98 Å². The number of furan rings is 1. The molecule has 1 amide bonds. The molecule has 0 atom stereocenters. The second-order valence-corrected chi connectivity index (χ2v) is 11.1. The maximum Gasteiger partial charge on any atom is 0.255 e. The molecule has 0 aliphatic carbocycles. The van der Waals surface area contributed by atoms with Crippen molar-refractivity contribution in [2.24, 2.45) is 5.10 Å². The van der Waals surface area contributed by atoms with Crippen LogP contribution in [0.5, 0.6) is 0 Å². The number of hydrogen-bond acceptors (Lipinski definition) is 5. The summed E-state index contributed by atoms with van der Waals surface area (Å²) < 4.78 is 34.7. The number of sulfonamides is 1. The fourth-order valence-corrected chi connectivity index (χ4v) is 5.80. The Labute approximate surface area is 225 Å². The molecule has 192 valence electrons. The van der Waals surface area contributed by atoms with Gasteiger partial charge in [-0.3, -0.25) is 4.79 Å². The zero-order valence-corrected chi connectivity index (χ0v) is 22.4. The molecule has 0 saturated carbocycles. The first-order chi connectivity index (χ1) is 17.6. The van der Waals surface area contributed by atoms with Crippen LogP contribution in [0.3, 0.4) is 0 Å². The van der Waals surface area contributed by atoms with Gasteiger partial charge in [0.15, 0.2) is 0 Å². The van der Waals surface area contributed by atoms with Crippen molar-refractivity contribution in [1.29, 1.82) is 0 Å². The molecule has 0 radical (unpaired) electrons. The molecule has 0 unspecified atom stereocenters. The van der Waals surface area contributed by atoms with Gasteiger partial charge in [0.2, 0.25) is 10.0 Å². The lowest BCUT2D eigenvalue weighted by Gasteiger charge is -2.20. The molecule has 2 aromatic heterocycles. The number of hydrogen-bond donors (Lipinski definition) is 1.